The first-order valence-electron chi connectivity index (χ1n) is 8.58. The molecule has 0 radical (unpaired) electrons. The average molecular weight is 423 g/mol. The number of carbonyl (C=O) groups is 1. The van der Waals surface area contributed by atoms with Crippen LogP contribution in [0.25, 0.3) is 0 Å². The van der Waals surface area contributed by atoms with Crippen molar-refractivity contribution in [1.29, 1.82) is 0 Å². The molecular weight excluding hydrogens is 408 g/mol. The Kier molecular flexibility index (Phi) is 6.20. The number of rotatable bonds is 7. The van der Waals surface area contributed by atoms with Crippen molar-refractivity contribution in [1.82, 2.24) is 9.55 Å². The van der Waals surface area contributed by atoms with Gasteiger partial charge in [0.05, 0.1) is 0 Å². The maximum Gasteiger partial charge on any atom is 0.413 e. The average Bonchev–Trinajstić information content (AvgIpc) is 2.97. The molecule has 0 spiro atoms. The van der Waals surface area contributed by atoms with Crippen molar-refractivity contribution in [3.05, 3.63) is 68.5 Å². The summed E-state index contributed by atoms with van der Waals surface area (Å²) in [6.45, 7) is -0.768. The molecule has 3 atom stereocenters. The van der Waals surface area contributed by atoms with Crippen molar-refractivity contribution in [2.75, 3.05) is 11.9 Å². The van der Waals surface area contributed by atoms with E-state index < -0.39 is 42.6 Å². The number of benzene rings is 1. The summed E-state index contributed by atoms with van der Waals surface area (Å²) in [5, 5.41) is 6.96. The van der Waals surface area contributed by atoms with E-state index in [1.54, 1.807) is 30.3 Å². The van der Waals surface area contributed by atoms with Gasteiger partial charge in [-0.15, -0.1) is 0 Å². The van der Waals surface area contributed by atoms with Crippen LogP contribution in [-0.4, -0.2) is 40.3 Å². The minimum absolute atomic E-state index is 0.0296. The largest absolute Gasteiger partial charge is 0.444 e. The fraction of sp³-hybridized carbons (Fsp3) is 0.353. The molecule has 1 fully saturated rings. The molecule has 2 heterocycles. The summed E-state index contributed by atoms with van der Waals surface area (Å²) in [5.74, 6) is -4.13. The second-order valence-electron chi connectivity index (χ2n) is 6.25. The third-order valence-corrected chi connectivity index (χ3v) is 4.27. The number of amides is 1. The topological polar surface area (TPSA) is 141 Å². The molecule has 2 aromatic rings. The molecule has 3 rings (SSSR count). The van der Waals surface area contributed by atoms with E-state index in [9.17, 15) is 28.2 Å². The third-order valence-electron chi connectivity index (χ3n) is 4.27. The highest BCUT2D eigenvalue weighted by Gasteiger charge is 2.61. The van der Waals surface area contributed by atoms with Crippen molar-refractivity contribution in [2.24, 2.45) is 10.4 Å². The van der Waals surface area contributed by atoms with Gasteiger partial charge in [-0.2, -0.15) is 23.6 Å². The second-order valence-corrected chi connectivity index (χ2v) is 6.25. The maximum absolute atomic E-state index is 14.4. The fourth-order valence-corrected chi connectivity index (χ4v) is 2.85. The molecule has 158 valence electrons. The van der Waals surface area contributed by atoms with E-state index in [1.165, 1.54) is 0 Å². The number of nitroso groups, excluding NO2 is 2. The molecular formula is C17H15F2N5O6. The third kappa shape index (κ3) is 4.35. The first kappa shape index (κ1) is 21.1. The molecule has 30 heavy (non-hydrogen) atoms. The van der Waals surface area contributed by atoms with Crippen molar-refractivity contribution in [3.8, 4) is 0 Å². The Morgan fingerprint density at radius 1 is 1.27 bits per heavy atom. The van der Waals surface area contributed by atoms with Crippen molar-refractivity contribution in [3.63, 3.8) is 0 Å². The molecule has 13 heteroatoms. The molecule has 1 N–H and O–H groups in total. The molecule has 1 aromatic carbocycles. The van der Waals surface area contributed by atoms with Gasteiger partial charge in [0.15, 0.2) is 6.04 Å². The van der Waals surface area contributed by atoms with Gasteiger partial charge in [0, 0.05) is 6.20 Å². The van der Waals surface area contributed by atoms with Gasteiger partial charge in [0.1, 0.15) is 25.1 Å². The molecule has 3 unspecified atom stereocenters. The summed E-state index contributed by atoms with van der Waals surface area (Å²) in [6, 6.07) is 7.67. The first-order valence-corrected chi connectivity index (χ1v) is 8.58. The number of anilines is 1. The van der Waals surface area contributed by atoms with E-state index in [0.717, 1.165) is 17.8 Å². The summed E-state index contributed by atoms with van der Waals surface area (Å²) in [5.41, 5.74) is -0.459. The van der Waals surface area contributed by atoms with Gasteiger partial charge in [0.25, 0.3) is 0 Å². The zero-order valence-corrected chi connectivity index (χ0v) is 15.2. The Bertz CT molecular complexity index is 986. The monoisotopic (exact) mass is 423 g/mol. The molecule has 11 nitrogen and oxygen atoms in total. The predicted molar refractivity (Wildman–Crippen MR) is 97.8 cm³/mol. The van der Waals surface area contributed by atoms with Crippen LogP contribution in [0.15, 0.2) is 57.7 Å². The highest BCUT2D eigenvalue weighted by Crippen LogP contribution is 2.43. The summed E-state index contributed by atoms with van der Waals surface area (Å²) in [6.07, 6.45) is -3.81. The van der Waals surface area contributed by atoms with E-state index in [0.29, 0.717) is 4.57 Å². The lowest BCUT2D eigenvalue weighted by Crippen LogP contribution is -2.40. The second kappa shape index (κ2) is 8.82. The Morgan fingerprint density at radius 2 is 2.00 bits per heavy atom. The molecule has 1 saturated heterocycles. The lowest BCUT2D eigenvalue weighted by molar-refractivity contribution is -0.119. The van der Waals surface area contributed by atoms with E-state index in [1.807, 2.05) is 0 Å². The Balaban J connectivity index is 1.70. The standard InChI is InChI=1S/C17H15F2N5O6/c18-17(19)13(23-28)11(8-20-27)30-14(17)24-7-6-12(21-15(24)25)22-16(26)29-9-10-4-2-1-3-5-10/h1-7,11,13-14H,8-9H2,(H,21,22,25,26). The highest BCUT2D eigenvalue weighted by molar-refractivity contribution is 5.83. The summed E-state index contributed by atoms with van der Waals surface area (Å²) >= 11 is 0. The highest BCUT2D eigenvalue weighted by atomic mass is 19.3. The van der Waals surface area contributed by atoms with Crippen molar-refractivity contribution < 1.29 is 23.0 Å². The van der Waals surface area contributed by atoms with E-state index in [4.69, 9.17) is 9.47 Å². The zero-order valence-electron chi connectivity index (χ0n) is 15.2. The van der Waals surface area contributed by atoms with Crippen molar-refractivity contribution in [2.45, 2.75) is 30.9 Å². The first-order chi connectivity index (χ1) is 14.4. The SMILES string of the molecule is O=NCC1OC(n2ccc(NC(=O)OCc3ccccc3)nc2=O)C(F)(F)C1N=O. The Hall–Kier alpha value is -3.61. The fourth-order valence-electron chi connectivity index (χ4n) is 2.85. The zero-order chi connectivity index (χ0) is 21.7. The summed E-state index contributed by atoms with van der Waals surface area (Å²) in [7, 11) is 0. The quantitative estimate of drug-likeness (QED) is 0.674. The summed E-state index contributed by atoms with van der Waals surface area (Å²) < 4.78 is 39.3. The maximum atomic E-state index is 14.4. The molecule has 1 aliphatic heterocycles. The van der Waals surface area contributed by atoms with Crippen LogP contribution in [0.5, 0.6) is 0 Å². The van der Waals surface area contributed by atoms with Gasteiger partial charge in [-0.1, -0.05) is 40.7 Å². The van der Waals surface area contributed by atoms with E-state index >= 15 is 0 Å². The normalized spacial score (nSPS) is 22.3. The number of ether oxygens (including phenoxy) is 2. The van der Waals surface area contributed by atoms with Crippen LogP contribution in [0, 0.1) is 9.81 Å². The minimum atomic E-state index is -3.88. The number of carbonyl (C=O) groups excluding carboxylic acids is 1. The van der Waals surface area contributed by atoms with Crippen molar-refractivity contribution >= 4 is 11.9 Å². The lowest BCUT2D eigenvalue weighted by atomic mass is 10.1. The van der Waals surface area contributed by atoms with Crippen LogP contribution in [0.1, 0.15) is 11.8 Å². The number of halogens is 2. The van der Waals surface area contributed by atoms with Crippen LogP contribution in [0.3, 0.4) is 0 Å². The van der Waals surface area contributed by atoms with Gasteiger partial charge in [0.2, 0.25) is 6.23 Å². The van der Waals surface area contributed by atoms with Gasteiger partial charge in [-0.25, -0.2) is 9.59 Å². The number of alkyl halides is 2. The number of nitrogens with one attached hydrogen (secondary N) is 1. The molecule has 0 saturated carbocycles. The van der Waals surface area contributed by atoms with Gasteiger partial charge in [-0.3, -0.25) is 9.88 Å². The number of hydrogen-bond donors (Lipinski definition) is 1. The molecule has 1 amide bonds. The van der Waals surface area contributed by atoms with Crippen LogP contribution in [0.2, 0.25) is 0 Å². The number of nitrogens with zero attached hydrogens (tertiary/aromatic N) is 4. The van der Waals surface area contributed by atoms with Crippen LogP contribution in [-0.2, 0) is 16.1 Å². The van der Waals surface area contributed by atoms with Gasteiger partial charge in [-0.05, 0) is 11.6 Å². The number of aromatic nitrogens is 2. The molecule has 0 aliphatic carbocycles. The van der Waals surface area contributed by atoms with Crippen LogP contribution < -0.4 is 11.0 Å². The molecule has 1 aromatic heterocycles. The number of hydrogen-bond acceptors (Lipinski definition) is 9. The van der Waals surface area contributed by atoms with Gasteiger partial charge < -0.3 is 9.47 Å². The Labute approximate surface area is 167 Å². The lowest BCUT2D eigenvalue weighted by Gasteiger charge is -2.20. The van der Waals surface area contributed by atoms with E-state index in [2.05, 4.69) is 20.7 Å². The van der Waals surface area contributed by atoms with Crippen LogP contribution >= 0.6 is 0 Å². The van der Waals surface area contributed by atoms with E-state index in [-0.39, 0.29) is 12.4 Å². The molecule has 0 bridgehead atoms. The van der Waals surface area contributed by atoms with Crippen LogP contribution in [0.4, 0.5) is 19.4 Å². The molecule has 1 aliphatic rings. The minimum Gasteiger partial charge on any atom is -0.444 e. The Morgan fingerprint density at radius 3 is 2.63 bits per heavy atom. The summed E-state index contributed by atoms with van der Waals surface area (Å²) in [4.78, 5) is 48.7. The van der Waals surface area contributed by atoms with Gasteiger partial charge >= 0.3 is 17.7 Å². The smallest absolute Gasteiger partial charge is 0.413 e. The predicted octanol–water partition coefficient (Wildman–Crippen LogP) is 2.43.